The quantitative estimate of drug-likeness (QED) is 0.0621. The van der Waals surface area contributed by atoms with Crippen molar-refractivity contribution in [2.24, 2.45) is 9.51 Å². The molecule has 0 spiro atoms. The van der Waals surface area contributed by atoms with E-state index >= 15 is 0 Å². The molecule has 0 aliphatic carbocycles. The Bertz CT molecular complexity index is 2390. The van der Waals surface area contributed by atoms with Crippen LogP contribution in [0.2, 0.25) is 0 Å². The van der Waals surface area contributed by atoms with E-state index in [0.717, 1.165) is 10.6 Å². The van der Waals surface area contributed by atoms with Crippen molar-refractivity contribution in [3.8, 4) is 0 Å². The summed E-state index contributed by atoms with van der Waals surface area (Å²) >= 11 is 0. The third kappa shape index (κ3) is 11.4. The van der Waals surface area contributed by atoms with Crippen LogP contribution in [0.1, 0.15) is 7.43 Å². The molecule has 0 aromatic heterocycles. The summed E-state index contributed by atoms with van der Waals surface area (Å²) in [6.45, 7) is 0. The Morgan fingerprint density at radius 3 is 0.934 bits per heavy atom. The van der Waals surface area contributed by atoms with Gasteiger partial charge in [0.15, 0.2) is 0 Å². The van der Waals surface area contributed by atoms with E-state index in [2.05, 4.69) is 126 Å². The molecule has 0 saturated carbocycles. The Kier molecular flexibility index (Phi) is 16.8. The lowest BCUT2D eigenvalue weighted by atomic mass is 10.4. The maximum absolute atomic E-state index is 15.0. The van der Waals surface area contributed by atoms with E-state index < -0.39 is 30.2 Å². The Labute approximate surface area is 364 Å². The normalized spacial score (nSPS) is 11.3. The molecule has 0 saturated heterocycles. The maximum atomic E-state index is 15.0. The highest BCUT2D eigenvalue weighted by atomic mass is 31.2. The monoisotopic (exact) mass is 870 g/mol. The number of aliphatic imine (C=N–C) groups is 1. The van der Waals surface area contributed by atoms with E-state index in [1.54, 1.807) is 6.21 Å². The van der Waals surface area contributed by atoms with Crippen LogP contribution in [-0.4, -0.2) is 24.7 Å². The summed E-state index contributed by atoms with van der Waals surface area (Å²) in [6.07, 6.45) is 2.52. The number of hydrogen-bond donors (Lipinski definition) is 0. The number of carbonyl (C=O) groups is 1. The van der Waals surface area contributed by atoms with Gasteiger partial charge in [0.1, 0.15) is 0 Å². The average molecular weight is 871 g/mol. The standard InChI is InChI=1S/C27H24N2O2P2.C25H22P2.CH4/c30-23-28-21-22-32(24-13-5-1-6-14-24,25-15-7-2-8-16-25)29-33(31,26-17-9-3-10-18-26)27-19-11-4-12-20-27;1-5-13-22(14-6-1)26(23-15-7-2-8-16-23)21-27(24-17-9-3-10-18-24)25-19-11-4-12-20-25;/h1-21,23H,22H2;1-20H,21H2;1H4. The molecule has 0 radical (unpaired) electrons. The van der Waals surface area contributed by atoms with Crippen molar-refractivity contribution in [3.05, 3.63) is 243 Å². The molecule has 0 atom stereocenters. The van der Waals surface area contributed by atoms with Gasteiger partial charge >= 0.3 is 0 Å². The summed E-state index contributed by atoms with van der Waals surface area (Å²) in [4.78, 5) is 14.9. The second-order valence-corrected chi connectivity index (χ2v) is 24.5. The van der Waals surface area contributed by atoms with Crippen molar-refractivity contribution in [2.75, 3.05) is 12.1 Å². The minimum atomic E-state index is -3.40. The third-order valence-corrected chi connectivity index (χ3v) is 23.1. The second kappa shape index (κ2) is 22.9. The highest BCUT2D eigenvalue weighted by Gasteiger charge is 2.33. The van der Waals surface area contributed by atoms with Gasteiger partial charge in [-0.25, -0.2) is 9.51 Å². The van der Waals surface area contributed by atoms with Gasteiger partial charge in [0.2, 0.25) is 13.7 Å². The summed E-state index contributed by atoms with van der Waals surface area (Å²) in [5.41, 5.74) is 0. The molecule has 304 valence electrons. The average Bonchev–Trinajstić information content (AvgIpc) is 3.34. The SMILES string of the molecule is C.O=CN=CCP(=NP(=O)(c1ccccc1)c1ccccc1)(c1ccccc1)c1ccccc1.c1ccc(P(CP(c2ccccc2)c2ccccc2)c2ccccc2)cc1. The van der Waals surface area contributed by atoms with Crippen molar-refractivity contribution in [2.45, 2.75) is 7.43 Å². The minimum absolute atomic E-state index is 0. The van der Waals surface area contributed by atoms with Gasteiger partial charge < -0.3 is 0 Å². The van der Waals surface area contributed by atoms with Gasteiger partial charge in [0.25, 0.3) is 0 Å². The molecule has 0 N–H and O–H groups in total. The van der Waals surface area contributed by atoms with E-state index in [-0.39, 0.29) is 7.43 Å². The van der Waals surface area contributed by atoms with Crippen LogP contribution < -0.4 is 42.4 Å². The minimum Gasteiger partial charge on any atom is -0.288 e. The molecule has 0 heterocycles. The zero-order chi connectivity index (χ0) is 41.3. The molecule has 8 rings (SSSR count). The number of rotatable bonds is 14. The Hall–Kier alpha value is -5.58. The van der Waals surface area contributed by atoms with Gasteiger partial charge in [-0.2, -0.15) is 0 Å². The molecule has 61 heavy (non-hydrogen) atoms. The van der Waals surface area contributed by atoms with Gasteiger partial charge in [-0.15, -0.1) is 0 Å². The first kappa shape index (κ1) is 45.0. The molecule has 0 aliphatic rings. The molecule has 8 heteroatoms. The number of benzene rings is 8. The Balaban J connectivity index is 0.000000204. The molecule has 8 aromatic carbocycles. The van der Waals surface area contributed by atoms with Crippen molar-refractivity contribution in [1.29, 1.82) is 0 Å². The molecular weight excluding hydrogens is 820 g/mol. The molecule has 0 aliphatic heterocycles. The summed E-state index contributed by atoms with van der Waals surface area (Å²) in [6, 6.07) is 82.9. The zero-order valence-electron chi connectivity index (χ0n) is 33.2. The van der Waals surface area contributed by atoms with Crippen molar-refractivity contribution >= 4 is 85.3 Å². The van der Waals surface area contributed by atoms with Crippen LogP contribution >= 0.6 is 30.2 Å². The van der Waals surface area contributed by atoms with E-state index in [9.17, 15) is 9.36 Å². The van der Waals surface area contributed by atoms with Gasteiger partial charge in [-0.05, 0) is 71.9 Å². The molecule has 0 unspecified atom stereocenters. The van der Waals surface area contributed by atoms with E-state index in [0.29, 0.717) is 23.2 Å². The van der Waals surface area contributed by atoms with Crippen LogP contribution in [0.5, 0.6) is 0 Å². The van der Waals surface area contributed by atoms with Crippen LogP contribution in [0, 0.1) is 0 Å². The lowest BCUT2D eigenvalue weighted by molar-refractivity contribution is -0.106. The molecule has 8 aromatic rings. The summed E-state index contributed by atoms with van der Waals surface area (Å²) in [5.74, 6) is 1.17. The highest BCUT2D eigenvalue weighted by molar-refractivity contribution is 7.90. The fourth-order valence-corrected chi connectivity index (χ4v) is 20.9. The van der Waals surface area contributed by atoms with Gasteiger partial charge in [0.05, 0.1) is 0 Å². The molecule has 0 bridgehead atoms. The number of carbonyl (C=O) groups excluding carboxylic acids is 1. The van der Waals surface area contributed by atoms with Gasteiger partial charge in [0, 0.05) is 35.9 Å². The van der Waals surface area contributed by atoms with Crippen LogP contribution in [0.3, 0.4) is 0 Å². The predicted octanol–water partition coefficient (Wildman–Crippen LogP) is 10.8. The van der Waals surface area contributed by atoms with Crippen LogP contribution in [0.15, 0.2) is 252 Å². The Morgan fingerprint density at radius 1 is 0.393 bits per heavy atom. The lowest BCUT2D eigenvalue weighted by Crippen LogP contribution is -2.22. The number of hydrogen-bond acceptors (Lipinski definition) is 2. The number of amides is 1. The summed E-state index contributed by atoms with van der Waals surface area (Å²) < 4.78 is 20.3. The maximum Gasteiger partial charge on any atom is 0.246 e. The van der Waals surface area contributed by atoms with E-state index in [1.807, 2.05) is 121 Å². The summed E-state index contributed by atoms with van der Waals surface area (Å²) in [5, 5.41) is 9.16. The van der Waals surface area contributed by atoms with Crippen LogP contribution in [-0.2, 0) is 9.36 Å². The Morgan fingerprint density at radius 2 is 0.656 bits per heavy atom. The van der Waals surface area contributed by atoms with Crippen molar-refractivity contribution < 1.29 is 9.36 Å². The molecule has 0 fully saturated rings. The van der Waals surface area contributed by atoms with Gasteiger partial charge in [-0.3, -0.25) is 9.36 Å². The van der Waals surface area contributed by atoms with E-state index in [4.69, 9.17) is 4.52 Å². The first-order valence-corrected chi connectivity index (χ1v) is 26.4. The first-order valence-electron chi connectivity index (χ1n) is 19.8. The topological polar surface area (TPSA) is 58.9 Å². The fraction of sp³-hybridized carbons (Fsp3) is 0.0566. The highest BCUT2D eigenvalue weighted by Crippen LogP contribution is 2.59. The largest absolute Gasteiger partial charge is 0.288 e. The van der Waals surface area contributed by atoms with E-state index in [1.165, 1.54) is 27.1 Å². The van der Waals surface area contributed by atoms with Crippen molar-refractivity contribution in [1.82, 2.24) is 0 Å². The van der Waals surface area contributed by atoms with Gasteiger partial charge in [-0.1, -0.05) is 226 Å². The smallest absolute Gasteiger partial charge is 0.246 e. The zero-order valence-corrected chi connectivity index (χ0v) is 36.7. The van der Waals surface area contributed by atoms with Crippen molar-refractivity contribution in [3.63, 3.8) is 0 Å². The first-order chi connectivity index (χ1) is 29.6. The fourth-order valence-electron chi connectivity index (χ4n) is 6.98. The van der Waals surface area contributed by atoms with Crippen LogP contribution in [0.4, 0.5) is 0 Å². The molecule has 1 amide bonds. The predicted molar refractivity (Wildman–Crippen MR) is 270 cm³/mol. The molecule has 4 nitrogen and oxygen atoms in total. The van der Waals surface area contributed by atoms with Crippen LogP contribution in [0.25, 0.3) is 0 Å². The molecular formula is C53H50N2O2P4. The lowest BCUT2D eigenvalue weighted by Gasteiger charge is -2.28. The third-order valence-electron chi connectivity index (χ3n) is 9.92. The summed E-state index contributed by atoms with van der Waals surface area (Å²) in [7, 11) is -6.85. The second-order valence-electron chi connectivity index (χ2n) is 13.7. The number of nitrogens with zero attached hydrogens (tertiary/aromatic N) is 2.